The molecule has 11 heavy (non-hydrogen) atoms. The molecule has 0 unspecified atom stereocenters. The normalized spacial score (nSPS) is 10.2. The van der Waals surface area contributed by atoms with Gasteiger partial charge in [-0.1, -0.05) is 24.6 Å². The maximum absolute atomic E-state index is 12.8. The van der Waals surface area contributed by atoms with Gasteiger partial charge >= 0.3 is 0 Å². The molecule has 0 aliphatic rings. The van der Waals surface area contributed by atoms with E-state index in [9.17, 15) is 4.39 Å². The molecule has 0 saturated carbocycles. The van der Waals surface area contributed by atoms with Gasteiger partial charge in [-0.2, -0.15) is 0 Å². The van der Waals surface area contributed by atoms with Gasteiger partial charge in [0.2, 0.25) is 0 Å². The van der Waals surface area contributed by atoms with E-state index in [1.165, 1.54) is 6.07 Å². The second-order valence-corrected chi connectivity index (χ2v) is 2.95. The number of aryl methyl sites for hydroxylation is 2. The Morgan fingerprint density at radius 1 is 1.45 bits per heavy atom. The van der Waals surface area contributed by atoms with Crippen LogP contribution in [0.4, 0.5) is 4.39 Å². The van der Waals surface area contributed by atoms with Gasteiger partial charge in [0, 0.05) is 5.02 Å². The molecule has 2 heteroatoms. The Labute approximate surface area is 71.0 Å². The molecule has 0 spiro atoms. The average molecular weight is 173 g/mol. The molecule has 0 radical (unpaired) electrons. The Bertz CT molecular complexity index is 269. The minimum atomic E-state index is -0.229. The van der Waals surface area contributed by atoms with Gasteiger partial charge in [0.25, 0.3) is 0 Å². The van der Waals surface area contributed by atoms with Crippen molar-refractivity contribution < 1.29 is 4.39 Å². The Kier molecular flexibility index (Phi) is 2.50. The van der Waals surface area contributed by atoms with Crippen molar-refractivity contribution in [3.8, 4) is 0 Å². The van der Waals surface area contributed by atoms with Gasteiger partial charge in [-0.25, -0.2) is 4.39 Å². The molecule has 0 aliphatic heterocycles. The second-order valence-electron chi connectivity index (χ2n) is 2.55. The van der Waals surface area contributed by atoms with Crippen molar-refractivity contribution in [2.45, 2.75) is 20.3 Å². The fraction of sp³-hybridized carbons (Fsp3) is 0.333. The minimum Gasteiger partial charge on any atom is -0.207 e. The van der Waals surface area contributed by atoms with Gasteiger partial charge in [-0.15, -0.1) is 0 Å². The molecule has 0 aromatic heterocycles. The van der Waals surface area contributed by atoms with E-state index in [-0.39, 0.29) is 5.82 Å². The number of halogens is 2. The summed E-state index contributed by atoms with van der Waals surface area (Å²) < 4.78 is 12.8. The summed E-state index contributed by atoms with van der Waals surface area (Å²) in [6.45, 7) is 3.74. The quantitative estimate of drug-likeness (QED) is 0.610. The highest BCUT2D eigenvalue weighted by atomic mass is 35.5. The smallest absolute Gasteiger partial charge is 0.127 e. The largest absolute Gasteiger partial charge is 0.207 e. The van der Waals surface area contributed by atoms with E-state index < -0.39 is 0 Å². The first-order valence-corrected chi connectivity index (χ1v) is 3.97. The van der Waals surface area contributed by atoms with Crippen molar-refractivity contribution in [2.75, 3.05) is 0 Å². The van der Waals surface area contributed by atoms with Crippen LogP contribution in [0.15, 0.2) is 12.1 Å². The molecular weight excluding hydrogens is 163 g/mol. The molecule has 1 aromatic rings. The van der Waals surface area contributed by atoms with Crippen molar-refractivity contribution in [2.24, 2.45) is 0 Å². The monoisotopic (exact) mass is 172 g/mol. The number of benzene rings is 1. The van der Waals surface area contributed by atoms with Gasteiger partial charge in [-0.3, -0.25) is 0 Å². The van der Waals surface area contributed by atoms with E-state index in [1.54, 1.807) is 13.0 Å². The molecule has 0 fully saturated rings. The van der Waals surface area contributed by atoms with E-state index in [1.807, 2.05) is 6.92 Å². The molecule has 60 valence electrons. The molecule has 0 N–H and O–H groups in total. The van der Waals surface area contributed by atoms with Crippen LogP contribution in [-0.4, -0.2) is 0 Å². The Morgan fingerprint density at radius 2 is 2.09 bits per heavy atom. The molecule has 1 rings (SSSR count). The highest BCUT2D eigenvalue weighted by Gasteiger charge is 2.02. The predicted octanol–water partition coefficient (Wildman–Crippen LogP) is 3.35. The molecular formula is C9H10ClF. The first kappa shape index (κ1) is 8.54. The van der Waals surface area contributed by atoms with Gasteiger partial charge in [0.15, 0.2) is 0 Å². The van der Waals surface area contributed by atoms with Crippen LogP contribution >= 0.6 is 11.6 Å². The highest BCUT2D eigenvalue weighted by Crippen LogP contribution is 2.20. The van der Waals surface area contributed by atoms with Crippen LogP contribution in [0.1, 0.15) is 18.1 Å². The lowest BCUT2D eigenvalue weighted by molar-refractivity contribution is 0.618. The van der Waals surface area contributed by atoms with Crippen molar-refractivity contribution in [3.05, 3.63) is 34.1 Å². The maximum Gasteiger partial charge on any atom is 0.127 e. The SMILES string of the molecule is CCc1cc(C)c(F)cc1Cl. The summed E-state index contributed by atoms with van der Waals surface area (Å²) in [5.74, 6) is -0.229. The molecule has 0 heterocycles. The summed E-state index contributed by atoms with van der Waals surface area (Å²) in [7, 11) is 0. The maximum atomic E-state index is 12.8. The summed E-state index contributed by atoms with van der Waals surface area (Å²) in [5.41, 5.74) is 1.66. The molecule has 0 bridgehead atoms. The van der Waals surface area contributed by atoms with Crippen molar-refractivity contribution in [1.29, 1.82) is 0 Å². The van der Waals surface area contributed by atoms with Gasteiger partial charge in [0.05, 0.1) is 0 Å². The third-order valence-corrected chi connectivity index (χ3v) is 2.06. The molecule has 1 aromatic carbocycles. The van der Waals surface area contributed by atoms with E-state index >= 15 is 0 Å². The van der Waals surface area contributed by atoms with Crippen LogP contribution in [0.5, 0.6) is 0 Å². The Balaban J connectivity index is 3.21. The van der Waals surface area contributed by atoms with E-state index in [0.717, 1.165) is 12.0 Å². The standard InChI is InChI=1S/C9H10ClF/c1-3-7-4-6(2)9(11)5-8(7)10/h4-5H,3H2,1-2H3. The molecule has 0 saturated heterocycles. The zero-order chi connectivity index (χ0) is 8.43. The lowest BCUT2D eigenvalue weighted by Gasteiger charge is -2.02. The summed E-state index contributed by atoms with van der Waals surface area (Å²) in [6.07, 6.45) is 0.847. The van der Waals surface area contributed by atoms with Gasteiger partial charge in [-0.05, 0) is 30.5 Å². The summed E-state index contributed by atoms with van der Waals surface area (Å²) in [4.78, 5) is 0. The van der Waals surface area contributed by atoms with Crippen molar-refractivity contribution in [1.82, 2.24) is 0 Å². The zero-order valence-electron chi connectivity index (χ0n) is 6.62. The molecule has 0 amide bonds. The lowest BCUT2D eigenvalue weighted by atomic mass is 10.1. The van der Waals surface area contributed by atoms with Crippen molar-refractivity contribution >= 4 is 11.6 Å². The average Bonchev–Trinajstić information content (AvgIpc) is 1.97. The number of hydrogen-bond donors (Lipinski definition) is 0. The first-order chi connectivity index (χ1) is 5.15. The summed E-state index contributed by atoms with van der Waals surface area (Å²) in [6, 6.07) is 3.16. The zero-order valence-corrected chi connectivity index (χ0v) is 7.37. The number of rotatable bonds is 1. The van der Waals surface area contributed by atoms with Crippen LogP contribution in [0, 0.1) is 12.7 Å². The third-order valence-electron chi connectivity index (χ3n) is 1.71. The topological polar surface area (TPSA) is 0 Å². The molecule has 0 atom stereocenters. The fourth-order valence-corrected chi connectivity index (χ4v) is 1.27. The fourth-order valence-electron chi connectivity index (χ4n) is 0.988. The van der Waals surface area contributed by atoms with E-state index in [0.29, 0.717) is 10.6 Å². The van der Waals surface area contributed by atoms with Crippen LogP contribution < -0.4 is 0 Å². The number of hydrogen-bond acceptors (Lipinski definition) is 0. The molecule has 0 aliphatic carbocycles. The van der Waals surface area contributed by atoms with Gasteiger partial charge < -0.3 is 0 Å². The van der Waals surface area contributed by atoms with Crippen molar-refractivity contribution in [3.63, 3.8) is 0 Å². The molecule has 0 nitrogen and oxygen atoms in total. The predicted molar refractivity (Wildman–Crippen MR) is 45.5 cm³/mol. The Hall–Kier alpha value is -0.560. The van der Waals surface area contributed by atoms with Gasteiger partial charge in [0.1, 0.15) is 5.82 Å². The summed E-state index contributed by atoms with van der Waals surface area (Å²) >= 11 is 5.76. The second kappa shape index (κ2) is 3.22. The summed E-state index contributed by atoms with van der Waals surface area (Å²) in [5, 5.41) is 0.524. The third kappa shape index (κ3) is 1.72. The lowest BCUT2D eigenvalue weighted by Crippen LogP contribution is -1.88. The Morgan fingerprint density at radius 3 is 2.64 bits per heavy atom. The highest BCUT2D eigenvalue weighted by molar-refractivity contribution is 6.31. The van der Waals surface area contributed by atoms with Crippen LogP contribution in [0.25, 0.3) is 0 Å². The van der Waals surface area contributed by atoms with E-state index in [4.69, 9.17) is 11.6 Å². The van der Waals surface area contributed by atoms with Crippen LogP contribution in [-0.2, 0) is 6.42 Å². The first-order valence-electron chi connectivity index (χ1n) is 3.59. The van der Waals surface area contributed by atoms with Crippen LogP contribution in [0.3, 0.4) is 0 Å². The van der Waals surface area contributed by atoms with Crippen LogP contribution in [0.2, 0.25) is 5.02 Å². The minimum absolute atomic E-state index is 0.229. The van der Waals surface area contributed by atoms with E-state index in [2.05, 4.69) is 0 Å².